The van der Waals surface area contributed by atoms with Gasteiger partial charge in [0.25, 0.3) is 0 Å². The Balaban J connectivity index is 0.00000324. The quantitative estimate of drug-likeness (QED) is 0.709. The second-order valence-corrected chi connectivity index (χ2v) is 5.18. The number of nitrogens with one attached hydrogen (secondary N) is 2. The van der Waals surface area contributed by atoms with Crippen LogP contribution in [0.15, 0.2) is 0 Å². The zero-order chi connectivity index (χ0) is 13.6. The lowest BCUT2D eigenvalue weighted by molar-refractivity contribution is -0.135. The number of amides is 2. The molecule has 1 atom stereocenters. The van der Waals surface area contributed by atoms with Crippen molar-refractivity contribution in [1.82, 2.24) is 10.6 Å². The molecule has 6 heteroatoms. The van der Waals surface area contributed by atoms with Crippen molar-refractivity contribution >= 4 is 24.2 Å². The fourth-order valence-electron chi connectivity index (χ4n) is 2.32. The van der Waals surface area contributed by atoms with Crippen LogP contribution in [0.25, 0.3) is 0 Å². The highest BCUT2D eigenvalue weighted by Crippen LogP contribution is 2.28. The van der Waals surface area contributed by atoms with E-state index in [-0.39, 0.29) is 24.2 Å². The summed E-state index contributed by atoms with van der Waals surface area (Å²) < 4.78 is 0. The van der Waals surface area contributed by atoms with Crippen molar-refractivity contribution in [2.75, 3.05) is 6.54 Å². The summed E-state index contributed by atoms with van der Waals surface area (Å²) in [7, 11) is 0. The van der Waals surface area contributed by atoms with E-state index in [0.717, 1.165) is 25.7 Å². The van der Waals surface area contributed by atoms with Gasteiger partial charge in [-0.2, -0.15) is 0 Å². The Morgan fingerprint density at radius 1 is 1.26 bits per heavy atom. The first-order chi connectivity index (χ1) is 8.52. The van der Waals surface area contributed by atoms with E-state index in [4.69, 9.17) is 5.73 Å². The summed E-state index contributed by atoms with van der Waals surface area (Å²) in [4.78, 5) is 24.0. The molecule has 0 saturated heterocycles. The van der Waals surface area contributed by atoms with Gasteiger partial charge in [-0.3, -0.25) is 9.59 Å². The normalized spacial score (nSPS) is 18.9. The van der Waals surface area contributed by atoms with E-state index in [9.17, 15) is 9.59 Å². The summed E-state index contributed by atoms with van der Waals surface area (Å²) in [5.74, 6) is -0.304. The number of carbonyl (C=O) groups excluding carboxylic acids is 2. The van der Waals surface area contributed by atoms with Crippen LogP contribution >= 0.6 is 12.4 Å². The van der Waals surface area contributed by atoms with Crippen LogP contribution in [0.1, 0.15) is 52.4 Å². The minimum absolute atomic E-state index is 0. The van der Waals surface area contributed by atoms with E-state index in [1.165, 1.54) is 0 Å². The van der Waals surface area contributed by atoms with Crippen LogP contribution in [-0.4, -0.2) is 29.9 Å². The molecule has 0 unspecified atom stereocenters. The zero-order valence-electron chi connectivity index (χ0n) is 11.8. The number of nitrogens with two attached hydrogens (primary N) is 1. The predicted octanol–water partition coefficient (Wildman–Crippen LogP) is 1.10. The first-order valence-corrected chi connectivity index (χ1v) is 6.88. The summed E-state index contributed by atoms with van der Waals surface area (Å²) >= 11 is 0. The lowest BCUT2D eigenvalue weighted by Gasteiger charge is -2.37. The molecule has 0 aromatic rings. The Labute approximate surface area is 121 Å². The van der Waals surface area contributed by atoms with E-state index < -0.39 is 11.6 Å². The maximum atomic E-state index is 12.3. The molecular formula is C13H26ClN3O2. The van der Waals surface area contributed by atoms with Gasteiger partial charge in [0.2, 0.25) is 11.8 Å². The Morgan fingerprint density at radius 2 is 1.84 bits per heavy atom. The summed E-state index contributed by atoms with van der Waals surface area (Å²) in [6.07, 6.45) is 5.37. The zero-order valence-corrected chi connectivity index (χ0v) is 12.6. The Morgan fingerprint density at radius 3 is 2.32 bits per heavy atom. The fourth-order valence-corrected chi connectivity index (χ4v) is 2.32. The molecule has 5 nitrogen and oxygen atoms in total. The summed E-state index contributed by atoms with van der Waals surface area (Å²) in [5.41, 5.74) is 4.83. The molecule has 0 bridgehead atoms. The number of hydrogen-bond acceptors (Lipinski definition) is 3. The molecule has 1 fully saturated rings. The molecule has 112 valence electrons. The third-order valence-electron chi connectivity index (χ3n) is 3.45. The molecule has 1 rings (SSSR count). The van der Waals surface area contributed by atoms with E-state index >= 15 is 0 Å². The first kappa shape index (κ1) is 18.2. The average Bonchev–Trinajstić information content (AvgIpc) is 2.36. The van der Waals surface area contributed by atoms with Crippen molar-refractivity contribution in [2.45, 2.75) is 64.0 Å². The lowest BCUT2D eigenvalue weighted by Crippen LogP contribution is -2.61. The van der Waals surface area contributed by atoms with Crippen molar-refractivity contribution in [3.63, 3.8) is 0 Å². The molecule has 0 aliphatic heterocycles. The van der Waals surface area contributed by atoms with Gasteiger partial charge in [0.05, 0.1) is 6.04 Å². The van der Waals surface area contributed by atoms with Crippen LogP contribution in [0.4, 0.5) is 0 Å². The molecule has 4 N–H and O–H groups in total. The molecule has 2 amide bonds. The first-order valence-electron chi connectivity index (χ1n) is 6.88. The van der Waals surface area contributed by atoms with Crippen molar-refractivity contribution in [1.29, 1.82) is 0 Å². The lowest BCUT2D eigenvalue weighted by atomic mass is 9.80. The molecule has 1 saturated carbocycles. The highest BCUT2D eigenvalue weighted by atomic mass is 35.5. The molecule has 0 heterocycles. The van der Waals surface area contributed by atoms with Crippen molar-refractivity contribution in [3.8, 4) is 0 Å². The third-order valence-corrected chi connectivity index (χ3v) is 3.45. The minimum atomic E-state index is -0.738. The van der Waals surface area contributed by atoms with E-state index in [1.807, 2.05) is 6.92 Å². The molecule has 0 radical (unpaired) electrons. The average molecular weight is 292 g/mol. The summed E-state index contributed by atoms with van der Waals surface area (Å²) in [6.45, 7) is 4.29. The molecule has 0 aromatic carbocycles. The molecule has 19 heavy (non-hydrogen) atoms. The SMILES string of the molecule is CCCNC(=O)C1(NC(=O)[C@H](C)N)CCCCC1.Cl. The van der Waals surface area contributed by atoms with Gasteiger partial charge < -0.3 is 16.4 Å². The van der Waals surface area contributed by atoms with Gasteiger partial charge in [-0.05, 0) is 26.2 Å². The maximum Gasteiger partial charge on any atom is 0.245 e. The van der Waals surface area contributed by atoms with Gasteiger partial charge in [-0.15, -0.1) is 12.4 Å². The maximum absolute atomic E-state index is 12.3. The fraction of sp³-hybridized carbons (Fsp3) is 0.846. The topological polar surface area (TPSA) is 84.2 Å². The highest BCUT2D eigenvalue weighted by molar-refractivity contribution is 5.93. The molecular weight excluding hydrogens is 266 g/mol. The number of halogens is 1. The van der Waals surface area contributed by atoms with Gasteiger partial charge in [-0.25, -0.2) is 0 Å². The summed E-state index contributed by atoms with van der Waals surface area (Å²) in [6, 6.07) is -0.581. The van der Waals surface area contributed by atoms with E-state index in [0.29, 0.717) is 19.4 Å². The largest absolute Gasteiger partial charge is 0.354 e. The van der Waals surface area contributed by atoms with Gasteiger partial charge >= 0.3 is 0 Å². The van der Waals surface area contributed by atoms with Crippen LogP contribution in [0.3, 0.4) is 0 Å². The Hall–Kier alpha value is -0.810. The highest BCUT2D eigenvalue weighted by Gasteiger charge is 2.40. The predicted molar refractivity (Wildman–Crippen MR) is 78.2 cm³/mol. The monoisotopic (exact) mass is 291 g/mol. The van der Waals surface area contributed by atoms with E-state index in [2.05, 4.69) is 10.6 Å². The van der Waals surface area contributed by atoms with E-state index in [1.54, 1.807) is 6.92 Å². The van der Waals surface area contributed by atoms with Crippen LogP contribution < -0.4 is 16.4 Å². The molecule has 0 aromatic heterocycles. The van der Waals surface area contributed by atoms with Gasteiger partial charge in [-0.1, -0.05) is 26.2 Å². The van der Waals surface area contributed by atoms with Crippen LogP contribution in [-0.2, 0) is 9.59 Å². The number of hydrogen-bond donors (Lipinski definition) is 3. The van der Waals surface area contributed by atoms with Crippen molar-refractivity contribution in [2.24, 2.45) is 5.73 Å². The second-order valence-electron chi connectivity index (χ2n) is 5.18. The third kappa shape index (κ3) is 4.99. The Bertz CT molecular complexity index is 302. The van der Waals surface area contributed by atoms with Crippen LogP contribution in [0.5, 0.6) is 0 Å². The summed E-state index contributed by atoms with van der Waals surface area (Å²) in [5, 5.41) is 5.76. The smallest absolute Gasteiger partial charge is 0.245 e. The van der Waals surface area contributed by atoms with Crippen molar-refractivity contribution < 1.29 is 9.59 Å². The molecule has 1 aliphatic rings. The minimum Gasteiger partial charge on any atom is -0.354 e. The van der Waals surface area contributed by atoms with Gasteiger partial charge in [0.1, 0.15) is 5.54 Å². The molecule has 0 spiro atoms. The Kier molecular flexibility index (Phi) is 8.02. The number of rotatable bonds is 5. The number of carbonyl (C=O) groups is 2. The standard InChI is InChI=1S/C13H25N3O2.ClH/c1-3-9-15-12(18)13(7-5-4-6-8-13)16-11(17)10(2)14;/h10H,3-9,14H2,1-2H3,(H,15,18)(H,16,17);1H/t10-;/m0./s1. The van der Waals surface area contributed by atoms with Crippen LogP contribution in [0.2, 0.25) is 0 Å². The van der Waals surface area contributed by atoms with Gasteiger partial charge in [0, 0.05) is 6.54 Å². The second kappa shape index (κ2) is 8.38. The van der Waals surface area contributed by atoms with Crippen molar-refractivity contribution in [3.05, 3.63) is 0 Å². The van der Waals surface area contributed by atoms with Gasteiger partial charge in [0.15, 0.2) is 0 Å². The van der Waals surface area contributed by atoms with Crippen LogP contribution in [0, 0.1) is 0 Å². The molecule has 1 aliphatic carbocycles.